The summed E-state index contributed by atoms with van der Waals surface area (Å²) in [4.78, 5) is 11.9. The molecule has 0 radical (unpaired) electrons. The van der Waals surface area contributed by atoms with E-state index in [1.807, 2.05) is 30.3 Å². The van der Waals surface area contributed by atoms with Crippen LogP contribution < -0.4 is 10.1 Å². The average molecular weight is 305 g/mol. The lowest BCUT2D eigenvalue weighted by Gasteiger charge is -2.08. The van der Waals surface area contributed by atoms with E-state index in [0.717, 1.165) is 11.1 Å². The smallest absolute Gasteiger partial charge is 0.417 e. The van der Waals surface area contributed by atoms with E-state index in [0.29, 0.717) is 11.4 Å². The predicted octanol–water partition coefficient (Wildman–Crippen LogP) is 4.67. The van der Waals surface area contributed by atoms with Crippen molar-refractivity contribution in [3.05, 3.63) is 78.9 Å². The zero-order valence-corrected chi connectivity index (χ0v) is 12.3. The van der Waals surface area contributed by atoms with Gasteiger partial charge in [0, 0.05) is 5.69 Å². The zero-order valence-electron chi connectivity index (χ0n) is 12.3. The van der Waals surface area contributed by atoms with Gasteiger partial charge in [0.15, 0.2) is 0 Å². The van der Waals surface area contributed by atoms with Gasteiger partial charge in [0.25, 0.3) is 0 Å². The van der Waals surface area contributed by atoms with Gasteiger partial charge in [-0.15, -0.1) is 0 Å². The number of nitrogens with one attached hydrogen (secondary N) is 1. The number of ether oxygens (including phenoxy) is 1. The van der Waals surface area contributed by atoms with Crippen LogP contribution in [-0.2, 0) is 0 Å². The fraction of sp³-hybridized carbons (Fsp3) is 0. The number of phenolic OH excluding ortho intramolecular Hbond substituents is 1. The molecule has 0 saturated carbocycles. The van der Waals surface area contributed by atoms with Gasteiger partial charge < -0.3 is 9.84 Å². The molecule has 3 rings (SSSR count). The molecular formula is C19H15NO3. The Labute approximate surface area is 134 Å². The summed E-state index contributed by atoms with van der Waals surface area (Å²) in [6, 6.07) is 23.2. The van der Waals surface area contributed by atoms with E-state index in [2.05, 4.69) is 5.32 Å². The minimum Gasteiger partial charge on any atom is -0.508 e. The molecule has 0 unspecified atom stereocenters. The summed E-state index contributed by atoms with van der Waals surface area (Å²) in [5.41, 5.74) is 2.50. The van der Waals surface area contributed by atoms with Gasteiger partial charge >= 0.3 is 6.09 Å². The number of hydrogen-bond donors (Lipinski definition) is 2. The molecule has 0 saturated heterocycles. The van der Waals surface area contributed by atoms with E-state index >= 15 is 0 Å². The highest BCUT2D eigenvalue weighted by Crippen LogP contribution is 2.25. The molecule has 0 atom stereocenters. The summed E-state index contributed by atoms with van der Waals surface area (Å²) in [6.07, 6.45) is -0.543. The van der Waals surface area contributed by atoms with Gasteiger partial charge in [0.05, 0.1) is 0 Å². The Balaban J connectivity index is 1.72. The summed E-state index contributed by atoms with van der Waals surface area (Å²) >= 11 is 0. The highest BCUT2D eigenvalue weighted by Gasteiger charge is 2.06. The Morgan fingerprint density at radius 3 is 2.30 bits per heavy atom. The summed E-state index contributed by atoms with van der Waals surface area (Å²) in [5, 5.41) is 12.0. The normalized spacial score (nSPS) is 10.1. The fourth-order valence-electron chi connectivity index (χ4n) is 2.16. The van der Waals surface area contributed by atoms with Crippen molar-refractivity contribution in [2.24, 2.45) is 0 Å². The fourth-order valence-corrected chi connectivity index (χ4v) is 2.16. The lowest BCUT2D eigenvalue weighted by molar-refractivity contribution is 0.215. The van der Waals surface area contributed by atoms with E-state index < -0.39 is 6.09 Å². The van der Waals surface area contributed by atoms with Gasteiger partial charge in [-0.05, 0) is 47.5 Å². The first kappa shape index (κ1) is 14.7. The summed E-state index contributed by atoms with van der Waals surface area (Å²) in [6.45, 7) is 0. The molecule has 0 spiro atoms. The van der Waals surface area contributed by atoms with Crippen LogP contribution in [0.1, 0.15) is 0 Å². The molecule has 0 bridgehead atoms. The summed E-state index contributed by atoms with van der Waals surface area (Å²) < 4.78 is 5.30. The van der Waals surface area contributed by atoms with Crippen molar-refractivity contribution in [1.29, 1.82) is 0 Å². The van der Waals surface area contributed by atoms with Gasteiger partial charge in [0.1, 0.15) is 11.5 Å². The molecule has 0 aliphatic heterocycles. The molecule has 0 aromatic heterocycles. The SMILES string of the molecule is O=C(Nc1ccccc1)Oc1cccc(-c2ccc(O)cc2)c1. The van der Waals surface area contributed by atoms with Crippen molar-refractivity contribution in [3.8, 4) is 22.6 Å². The summed E-state index contributed by atoms with van der Waals surface area (Å²) in [7, 11) is 0. The number of amides is 1. The molecule has 0 aliphatic rings. The number of phenols is 1. The van der Waals surface area contributed by atoms with Crippen LogP contribution in [0.2, 0.25) is 0 Å². The topological polar surface area (TPSA) is 58.6 Å². The minimum absolute atomic E-state index is 0.211. The lowest BCUT2D eigenvalue weighted by Crippen LogP contribution is -2.16. The second kappa shape index (κ2) is 6.66. The number of carbonyl (C=O) groups excluding carboxylic acids is 1. The van der Waals surface area contributed by atoms with Gasteiger partial charge in [0.2, 0.25) is 0 Å². The number of carbonyl (C=O) groups is 1. The van der Waals surface area contributed by atoms with Crippen LogP contribution in [0.4, 0.5) is 10.5 Å². The standard InChI is InChI=1S/C19H15NO3/c21-17-11-9-14(10-12-17)15-5-4-8-18(13-15)23-19(22)20-16-6-2-1-3-7-16/h1-13,21H,(H,20,22). The summed E-state index contributed by atoms with van der Waals surface area (Å²) in [5.74, 6) is 0.660. The molecule has 3 aromatic carbocycles. The van der Waals surface area contributed by atoms with Crippen LogP contribution in [-0.4, -0.2) is 11.2 Å². The first-order chi connectivity index (χ1) is 11.2. The number of para-hydroxylation sites is 1. The van der Waals surface area contributed by atoms with E-state index in [1.54, 1.807) is 48.5 Å². The van der Waals surface area contributed by atoms with Crippen LogP contribution in [0.25, 0.3) is 11.1 Å². The van der Waals surface area contributed by atoms with Crippen molar-refractivity contribution < 1.29 is 14.6 Å². The van der Waals surface area contributed by atoms with Gasteiger partial charge in [-0.2, -0.15) is 0 Å². The van der Waals surface area contributed by atoms with Crippen molar-refractivity contribution in [3.63, 3.8) is 0 Å². The average Bonchev–Trinajstić information content (AvgIpc) is 2.56. The molecule has 0 heterocycles. The number of anilines is 1. The van der Waals surface area contributed by atoms with E-state index in [1.165, 1.54) is 0 Å². The maximum atomic E-state index is 11.9. The van der Waals surface area contributed by atoms with Gasteiger partial charge in [-0.1, -0.05) is 42.5 Å². The molecule has 2 N–H and O–H groups in total. The number of benzene rings is 3. The van der Waals surface area contributed by atoms with Gasteiger partial charge in [-0.3, -0.25) is 5.32 Å². The third kappa shape index (κ3) is 3.89. The largest absolute Gasteiger partial charge is 0.508 e. The molecule has 3 aromatic rings. The Morgan fingerprint density at radius 2 is 1.57 bits per heavy atom. The second-order valence-electron chi connectivity index (χ2n) is 4.96. The molecular weight excluding hydrogens is 290 g/mol. The third-order valence-corrected chi connectivity index (χ3v) is 3.27. The highest BCUT2D eigenvalue weighted by molar-refractivity contribution is 5.86. The Kier molecular flexibility index (Phi) is 4.25. The van der Waals surface area contributed by atoms with Crippen LogP contribution in [0.5, 0.6) is 11.5 Å². The van der Waals surface area contributed by atoms with E-state index in [-0.39, 0.29) is 5.75 Å². The molecule has 1 amide bonds. The van der Waals surface area contributed by atoms with E-state index in [9.17, 15) is 9.90 Å². The van der Waals surface area contributed by atoms with E-state index in [4.69, 9.17) is 4.74 Å². The molecule has 114 valence electrons. The third-order valence-electron chi connectivity index (χ3n) is 3.27. The molecule has 0 aliphatic carbocycles. The molecule has 23 heavy (non-hydrogen) atoms. The van der Waals surface area contributed by atoms with Crippen LogP contribution in [0.3, 0.4) is 0 Å². The van der Waals surface area contributed by atoms with Crippen LogP contribution in [0.15, 0.2) is 78.9 Å². The minimum atomic E-state index is -0.543. The van der Waals surface area contributed by atoms with Crippen LogP contribution in [0, 0.1) is 0 Å². The van der Waals surface area contributed by atoms with Crippen molar-refractivity contribution in [1.82, 2.24) is 0 Å². The monoisotopic (exact) mass is 305 g/mol. The van der Waals surface area contributed by atoms with Crippen molar-refractivity contribution in [2.45, 2.75) is 0 Å². The predicted molar refractivity (Wildman–Crippen MR) is 89.6 cm³/mol. The van der Waals surface area contributed by atoms with Crippen LogP contribution >= 0.6 is 0 Å². The molecule has 0 fully saturated rings. The first-order valence-electron chi connectivity index (χ1n) is 7.14. The molecule has 4 heteroatoms. The Morgan fingerprint density at radius 1 is 0.826 bits per heavy atom. The zero-order chi connectivity index (χ0) is 16.1. The number of aromatic hydroxyl groups is 1. The lowest BCUT2D eigenvalue weighted by atomic mass is 10.1. The van der Waals surface area contributed by atoms with Crippen molar-refractivity contribution in [2.75, 3.05) is 5.32 Å². The maximum absolute atomic E-state index is 11.9. The van der Waals surface area contributed by atoms with Gasteiger partial charge in [-0.25, -0.2) is 4.79 Å². The Bertz CT molecular complexity index is 798. The maximum Gasteiger partial charge on any atom is 0.417 e. The quantitative estimate of drug-likeness (QED) is 0.739. The highest BCUT2D eigenvalue weighted by atomic mass is 16.6. The Hall–Kier alpha value is -3.27. The number of rotatable bonds is 3. The first-order valence-corrected chi connectivity index (χ1v) is 7.14. The molecule has 4 nitrogen and oxygen atoms in total. The second-order valence-corrected chi connectivity index (χ2v) is 4.96. The van der Waals surface area contributed by atoms with Crippen molar-refractivity contribution >= 4 is 11.8 Å². The number of hydrogen-bond acceptors (Lipinski definition) is 3.